The van der Waals surface area contributed by atoms with Gasteiger partial charge in [0.1, 0.15) is 10.5 Å². The minimum Gasteiger partial charge on any atom is -0.481 e. The lowest BCUT2D eigenvalue weighted by Crippen LogP contribution is -2.17. The fraction of sp³-hybridized carbons (Fsp3) is 0.556. The number of halogens is 1. The number of hydrogen-bond donors (Lipinski definition) is 1. The summed E-state index contributed by atoms with van der Waals surface area (Å²) >= 11 is 3.42. The SMILES string of the molecule is Cn1nc2c(c1Br)CCCC2C(=O)O. The lowest BCUT2D eigenvalue weighted by molar-refractivity contribution is -0.139. The summed E-state index contributed by atoms with van der Waals surface area (Å²) in [5.74, 6) is -1.19. The molecule has 0 saturated heterocycles. The van der Waals surface area contributed by atoms with Gasteiger partial charge in [-0.15, -0.1) is 0 Å². The van der Waals surface area contributed by atoms with E-state index in [1.807, 2.05) is 7.05 Å². The van der Waals surface area contributed by atoms with Crippen molar-refractivity contribution >= 4 is 21.9 Å². The smallest absolute Gasteiger partial charge is 0.312 e. The topological polar surface area (TPSA) is 55.1 Å². The Morgan fingerprint density at radius 1 is 1.71 bits per heavy atom. The van der Waals surface area contributed by atoms with Gasteiger partial charge in [-0.05, 0) is 35.2 Å². The van der Waals surface area contributed by atoms with Gasteiger partial charge in [-0.25, -0.2) is 0 Å². The van der Waals surface area contributed by atoms with Crippen LogP contribution < -0.4 is 0 Å². The summed E-state index contributed by atoms with van der Waals surface area (Å²) in [6.45, 7) is 0. The molecule has 0 aliphatic heterocycles. The van der Waals surface area contributed by atoms with Gasteiger partial charge in [0.2, 0.25) is 0 Å². The first kappa shape index (κ1) is 9.71. The van der Waals surface area contributed by atoms with Crippen molar-refractivity contribution in [2.45, 2.75) is 25.2 Å². The van der Waals surface area contributed by atoms with E-state index in [2.05, 4.69) is 21.0 Å². The quantitative estimate of drug-likeness (QED) is 0.834. The molecule has 0 amide bonds. The number of carbonyl (C=O) groups is 1. The van der Waals surface area contributed by atoms with Gasteiger partial charge in [0.25, 0.3) is 0 Å². The maximum Gasteiger partial charge on any atom is 0.312 e. The highest BCUT2D eigenvalue weighted by Crippen LogP contribution is 2.34. The van der Waals surface area contributed by atoms with Gasteiger partial charge in [0.15, 0.2) is 0 Å². The number of rotatable bonds is 1. The molecule has 76 valence electrons. The summed E-state index contributed by atoms with van der Waals surface area (Å²) in [5, 5.41) is 13.3. The van der Waals surface area contributed by atoms with Crippen LogP contribution in [0.15, 0.2) is 4.60 Å². The molecule has 5 heteroatoms. The lowest BCUT2D eigenvalue weighted by atomic mass is 9.88. The van der Waals surface area contributed by atoms with Crippen LogP contribution in [0.4, 0.5) is 0 Å². The summed E-state index contributed by atoms with van der Waals surface area (Å²) in [6, 6.07) is 0. The molecule has 1 unspecified atom stereocenters. The second-order valence-corrected chi connectivity index (χ2v) is 4.31. The number of carboxylic acid groups (broad SMARTS) is 1. The molecular formula is C9H11BrN2O2. The van der Waals surface area contributed by atoms with Crippen LogP contribution in [0.1, 0.15) is 30.0 Å². The molecule has 1 aliphatic rings. The Hall–Kier alpha value is -0.840. The van der Waals surface area contributed by atoms with Crippen molar-refractivity contribution in [2.75, 3.05) is 0 Å². The van der Waals surface area contributed by atoms with E-state index in [-0.39, 0.29) is 0 Å². The van der Waals surface area contributed by atoms with Crippen molar-refractivity contribution in [2.24, 2.45) is 7.05 Å². The van der Waals surface area contributed by atoms with Crippen LogP contribution in [-0.2, 0) is 18.3 Å². The summed E-state index contributed by atoms with van der Waals surface area (Å²) in [5.41, 5.74) is 1.80. The first-order valence-corrected chi connectivity index (χ1v) is 5.34. The second-order valence-electron chi connectivity index (χ2n) is 3.56. The van der Waals surface area contributed by atoms with Gasteiger partial charge >= 0.3 is 5.97 Å². The Kier molecular flexibility index (Phi) is 2.34. The number of aryl methyl sites for hydroxylation is 1. The third kappa shape index (κ3) is 1.35. The third-order valence-corrected chi connectivity index (χ3v) is 3.64. The molecule has 1 N–H and O–H groups in total. The van der Waals surface area contributed by atoms with E-state index in [9.17, 15) is 4.79 Å². The zero-order valence-electron chi connectivity index (χ0n) is 7.83. The average molecular weight is 259 g/mol. The number of carboxylic acids is 1. The molecule has 4 nitrogen and oxygen atoms in total. The molecule has 0 spiro atoms. The standard InChI is InChI=1S/C9H11BrN2O2/c1-12-8(10)5-3-2-4-6(9(13)14)7(5)11-12/h6H,2-4H2,1H3,(H,13,14). The molecule has 1 heterocycles. The maximum atomic E-state index is 11.0. The molecule has 1 aromatic rings. The first-order valence-electron chi connectivity index (χ1n) is 4.55. The van der Waals surface area contributed by atoms with Crippen LogP contribution in [0.3, 0.4) is 0 Å². The zero-order valence-corrected chi connectivity index (χ0v) is 9.41. The first-order chi connectivity index (χ1) is 6.61. The Morgan fingerprint density at radius 2 is 2.43 bits per heavy atom. The molecule has 0 fully saturated rings. The highest BCUT2D eigenvalue weighted by atomic mass is 79.9. The molecule has 0 radical (unpaired) electrons. The Bertz CT molecular complexity index is 386. The minimum atomic E-state index is -0.767. The van der Waals surface area contributed by atoms with Gasteiger partial charge in [-0.3, -0.25) is 9.48 Å². The predicted octanol–water partition coefficient (Wildman–Crippen LogP) is 1.69. The molecule has 1 aliphatic carbocycles. The van der Waals surface area contributed by atoms with E-state index in [1.165, 1.54) is 0 Å². The van der Waals surface area contributed by atoms with Crippen LogP contribution in [0.5, 0.6) is 0 Å². The van der Waals surface area contributed by atoms with E-state index in [0.717, 1.165) is 28.7 Å². The van der Waals surface area contributed by atoms with Gasteiger partial charge < -0.3 is 5.11 Å². The Balaban J connectivity index is 2.50. The number of aliphatic carboxylic acids is 1. The lowest BCUT2D eigenvalue weighted by Gasteiger charge is -2.16. The van der Waals surface area contributed by atoms with Gasteiger partial charge in [0, 0.05) is 12.6 Å². The van der Waals surface area contributed by atoms with Gasteiger partial charge in [-0.2, -0.15) is 5.10 Å². The highest BCUT2D eigenvalue weighted by molar-refractivity contribution is 9.10. The van der Waals surface area contributed by atoms with E-state index in [0.29, 0.717) is 6.42 Å². The molecule has 14 heavy (non-hydrogen) atoms. The molecule has 0 bridgehead atoms. The second kappa shape index (κ2) is 3.38. The summed E-state index contributed by atoms with van der Waals surface area (Å²) in [6.07, 6.45) is 2.55. The number of hydrogen-bond acceptors (Lipinski definition) is 2. The Labute approximate surface area is 90.0 Å². The van der Waals surface area contributed by atoms with Crippen molar-refractivity contribution in [1.29, 1.82) is 0 Å². The average Bonchev–Trinajstić information content (AvgIpc) is 2.43. The fourth-order valence-corrected chi connectivity index (χ4v) is 2.42. The monoisotopic (exact) mass is 258 g/mol. The predicted molar refractivity (Wildman–Crippen MR) is 54.2 cm³/mol. The number of nitrogens with zero attached hydrogens (tertiary/aromatic N) is 2. The number of aromatic nitrogens is 2. The van der Waals surface area contributed by atoms with E-state index >= 15 is 0 Å². The van der Waals surface area contributed by atoms with Crippen LogP contribution in [0.25, 0.3) is 0 Å². The highest BCUT2D eigenvalue weighted by Gasteiger charge is 2.30. The van der Waals surface area contributed by atoms with Crippen molar-refractivity contribution < 1.29 is 9.90 Å². The van der Waals surface area contributed by atoms with Crippen molar-refractivity contribution in [3.63, 3.8) is 0 Å². The van der Waals surface area contributed by atoms with Crippen LogP contribution in [-0.4, -0.2) is 20.9 Å². The molecule has 1 aromatic heterocycles. The third-order valence-electron chi connectivity index (χ3n) is 2.65. The Morgan fingerprint density at radius 3 is 3.07 bits per heavy atom. The van der Waals surface area contributed by atoms with E-state index < -0.39 is 11.9 Å². The van der Waals surface area contributed by atoms with Crippen LogP contribution >= 0.6 is 15.9 Å². The molecule has 0 saturated carbocycles. The summed E-state index contributed by atoms with van der Waals surface area (Å²) < 4.78 is 2.62. The minimum absolute atomic E-state index is 0.420. The maximum absolute atomic E-state index is 11.0. The fourth-order valence-electron chi connectivity index (χ4n) is 1.94. The van der Waals surface area contributed by atoms with Crippen LogP contribution in [0, 0.1) is 0 Å². The van der Waals surface area contributed by atoms with Gasteiger partial charge in [-0.1, -0.05) is 0 Å². The van der Waals surface area contributed by atoms with Crippen molar-refractivity contribution in [1.82, 2.24) is 9.78 Å². The molecule has 1 atom stereocenters. The van der Waals surface area contributed by atoms with Crippen LogP contribution in [0.2, 0.25) is 0 Å². The summed E-state index contributed by atoms with van der Waals surface area (Å²) in [7, 11) is 1.82. The normalized spacial score (nSPS) is 20.6. The molecular weight excluding hydrogens is 248 g/mol. The van der Waals surface area contributed by atoms with Crippen molar-refractivity contribution in [3.05, 3.63) is 15.9 Å². The van der Waals surface area contributed by atoms with Crippen molar-refractivity contribution in [3.8, 4) is 0 Å². The largest absolute Gasteiger partial charge is 0.481 e. The summed E-state index contributed by atoms with van der Waals surface area (Å²) in [4.78, 5) is 11.0. The van der Waals surface area contributed by atoms with E-state index in [4.69, 9.17) is 5.11 Å². The number of fused-ring (bicyclic) bond motifs is 1. The molecule has 2 rings (SSSR count). The van der Waals surface area contributed by atoms with Gasteiger partial charge in [0.05, 0.1) is 5.69 Å². The zero-order chi connectivity index (χ0) is 10.3. The van der Waals surface area contributed by atoms with E-state index in [1.54, 1.807) is 4.68 Å². The molecule has 0 aromatic carbocycles.